The van der Waals surface area contributed by atoms with Crippen LogP contribution >= 0.6 is 24.0 Å². The number of hydrogen-bond acceptors (Lipinski definition) is 2. The maximum atomic E-state index is 11.9. The Bertz CT molecular complexity index is 317. The molecule has 0 aromatic carbocycles. The minimum Gasteiger partial charge on any atom is -0.352 e. The number of nitrogens with zero attached hydrogens (tertiary/aromatic N) is 2. The fraction of sp³-hybridized carbons (Fsp3) is 0.867. The van der Waals surface area contributed by atoms with Crippen LogP contribution in [0.2, 0.25) is 0 Å². The Morgan fingerprint density at radius 1 is 1.29 bits per heavy atom. The number of hydrogen-bond donors (Lipinski definition) is 2. The van der Waals surface area contributed by atoms with Crippen LogP contribution in [0.3, 0.4) is 0 Å². The maximum absolute atomic E-state index is 11.9. The monoisotopic (exact) mass is 410 g/mol. The minimum atomic E-state index is 0. The van der Waals surface area contributed by atoms with Crippen molar-refractivity contribution >= 4 is 35.8 Å². The van der Waals surface area contributed by atoms with Crippen molar-refractivity contribution in [2.75, 3.05) is 27.2 Å². The van der Waals surface area contributed by atoms with Gasteiger partial charge in [0.2, 0.25) is 5.91 Å². The van der Waals surface area contributed by atoms with Gasteiger partial charge < -0.3 is 15.5 Å². The fourth-order valence-corrected chi connectivity index (χ4v) is 2.57. The number of carbonyl (C=O) groups excluding carboxylic acids is 1. The summed E-state index contributed by atoms with van der Waals surface area (Å²) in [5.41, 5.74) is 0. The number of rotatable bonds is 6. The summed E-state index contributed by atoms with van der Waals surface area (Å²) in [6.07, 6.45) is 8.31. The highest BCUT2D eigenvalue weighted by Gasteiger charge is 2.16. The van der Waals surface area contributed by atoms with E-state index in [1.807, 2.05) is 7.05 Å². The Kier molecular flexibility index (Phi) is 11.8. The maximum Gasteiger partial charge on any atom is 0.239 e. The van der Waals surface area contributed by atoms with Crippen LogP contribution in [-0.4, -0.2) is 50.0 Å². The van der Waals surface area contributed by atoms with Gasteiger partial charge in [-0.3, -0.25) is 9.79 Å². The largest absolute Gasteiger partial charge is 0.352 e. The molecule has 1 amide bonds. The molecule has 0 aromatic rings. The van der Waals surface area contributed by atoms with Gasteiger partial charge in [0, 0.05) is 26.7 Å². The zero-order chi connectivity index (χ0) is 14.8. The van der Waals surface area contributed by atoms with Crippen molar-refractivity contribution in [3.05, 3.63) is 0 Å². The number of guanidine groups is 1. The van der Waals surface area contributed by atoms with Crippen LogP contribution in [0.1, 0.15) is 51.9 Å². The van der Waals surface area contributed by atoms with Gasteiger partial charge in [0.25, 0.3) is 0 Å². The first-order chi connectivity index (χ1) is 9.67. The summed E-state index contributed by atoms with van der Waals surface area (Å²) in [5.74, 6) is 0.860. The van der Waals surface area contributed by atoms with Crippen LogP contribution in [-0.2, 0) is 4.79 Å². The summed E-state index contributed by atoms with van der Waals surface area (Å²) < 4.78 is 0. The predicted octanol–water partition coefficient (Wildman–Crippen LogP) is 2.36. The molecular formula is C15H31IN4O. The first-order valence-corrected chi connectivity index (χ1v) is 7.88. The minimum absolute atomic E-state index is 0. The standard InChI is InChI=1S/C15H30N4O.HI/c1-4-5-11-19(3)15(16-2)17-12-14(20)18-13-9-7-6-8-10-13;/h13H,4-12H2,1-3H3,(H,16,17)(H,18,20);1H. The Morgan fingerprint density at radius 3 is 2.52 bits per heavy atom. The second-order valence-electron chi connectivity index (χ2n) is 5.58. The second kappa shape index (κ2) is 12.1. The molecule has 21 heavy (non-hydrogen) atoms. The summed E-state index contributed by atoms with van der Waals surface area (Å²) in [7, 11) is 3.76. The molecule has 1 fully saturated rings. The highest BCUT2D eigenvalue weighted by molar-refractivity contribution is 14.0. The van der Waals surface area contributed by atoms with E-state index in [2.05, 4.69) is 27.4 Å². The van der Waals surface area contributed by atoms with Crippen molar-refractivity contribution in [2.45, 2.75) is 57.9 Å². The molecule has 0 saturated heterocycles. The predicted molar refractivity (Wildman–Crippen MR) is 99.3 cm³/mol. The van der Waals surface area contributed by atoms with Gasteiger partial charge in [0.15, 0.2) is 5.96 Å². The van der Waals surface area contributed by atoms with E-state index in [0.29, 0.717) is 12.6 Å². The van der Waals surface area contributed by atoms with E-state index >= 15 is 0 Å². The molecule has 6 heteroatoms. The first-order valence-electron chi connectivity index (χ1n) is 7.88. The molecule has 0 spiro atoms. The van der Waals surface area contributed by atoms with Gasteiger partial charge in [-0.2, -0.15) is 0 Å². The molecular weight excluding hydrogens is 379 g/mol. The molecule has 0 heterocycles. The normalized spacial score (nSPS) is 16.0. The Hall–Kier alpha value is -0.530. The SMILES string of the molecule is CCCCN(C)C(=NC)NCC(=O)NC1CCCCC1.I. The highest BCUT2D eigenvalue weighted by Crippen LogP contribution is 2.17. The lowest BCUT2D eigenvalue weighted by Crippen LogP contribution is -2.46. The fourth-order valence-electron chi connectivity index (χ4n) is 2.57. The average molecular weight is 410 g/mol. The Morgan fingerprint density at radius 2 is 1.95 bits per heavy atom. The van der Waals surface area contributed by atoms with Crippen LogP contribution < -0.4 is 10.6 Å². The smallest absolute Gasteiger partial charge is 0.239 e. The van der Waals surface area contributed by atoms with Gasteiger partial charge in [-0.1, -0.05) is 32.6 Å². The number of aliphatic imine (C=N–C) groups is 1. The van der Waals surface area contributed by atoms with Gasteiger partial charge in [-0.15, -0.1) is 24.0 Å². The third-order valence-electron chi connectivity index (χ3n) is 3.80. The zero-order valence-corrected chi connectivity index (χ0v) is 16.0. The van der Waals surface area contributed by atoms with E-state index in [1.165, 1.54) is 19.3 Å². The molecule has 2 N–H and O–H groups in total. The molecule has 0 atom stereocenters. The van der Waals surface area contributed by atoms with E-state index in [0.717, 1.165) is 38.2 Å². The average Bonchev–Trinajstić information content (AvgIpc) is 2.46. The molecule has 124 valence electrons. The molecule has 1 rings (SSSR count). The second-order valence-corrected chi connectivity index (χ2v) is 5.58. The van der Waals surface area contributed by atoms with E-state index < -0.39 is 0 Å². The van der Waals surface area contributed by atoms with Crippen LogP contribution in [0.4, 0.5) is 0 Å². The lowest BCUT2D eigenvalue weighted by Gasteiger charge is -2.24. The summed E-state index contributed by atoms with van der Waals surface area (Å²) >= 11 is 0. The Balaban J connectivity index is 0.00000400. The van der Waals surface area contributed by atoms with E-state index in [4.69, 9.17) is 0 Å². The van der Waals surface area contributed by atoms with E-state index in [1.54, 1.807) is 7.05 Å². The number of amides is 1. The molecule has 0 unspecified atom stereocenters. The zero-order valence-electron chi connectivity index (χ0n) is 13.7. The molecule has 1 aliphatic carbocycles. The first kappa shape index (κ1) is 20.5. The van der Waals surface area contributed by atoms with Crippen molar-refractivity contribution < 1.29 is 4.79 Å². The molecule has 0 aliphatic heterocycles. The summed E-state index contributed by atoms with van der Waals surface area (Å²) in [6, 6.07) is 0.373. The summed E-state index contributed by atoms with van der Waals surface area (Å²) in [5, 5.41) is 6.24. The van der Waals surface area contributed by atoms with Gasteiger partial charge >= 0.3 is 0 Å². The molecule has 0 radical (unpaired) electrons. The molecule has 5 nitrogen and oxygen atoms in total. The lowest BCUT2D eigenvalue weighted by atomic mass is 9.95. The van der Waals surface area contributed by atoms with Crippen LogP contribution in [0.25, 0.3) is 0 Å². The molecule has 1 aliphatic rings. The van der Waals surface area contributed by atoms with Crippen molar-refractivity contribution in [3.63, 3.8) is 0 Å². The van der Waals surface area contributed by atoms with Crippen molar-refractivity contribution in [2.24, 2.45) is 4.99 Å². The van der Waals surface area contributed by atoms with Gasteiger partial charge in [0.1, 0.15) is 0 Å². The third-order valence-corrected chi connectivity index (χ3v) is 3.80. The van der Waals surface area contributed by atoms with Gasteiger partial charge in [0.05, 0.1) is 6.54 Å². The van der Waals surface area contributed by atoms with E-state index in [-0.39, 0.29) is 29.9 Å². The van der Waals surface area contributed by atoms with Crippen molar-refractivity contribution in [1.82, 2.24) is 15.5 Å². The Labute approximate surface area is 146 Å². The molecule has 0 aromatic heterocycles. The summed E-state index contributed by atoms with van der Waals surface area (Å²) in [4.78, 5) is 18.2. The van der Waals surface area contributed by atoms with Crippen LogP contribution in [0.15, 0.2) is 4.99 Å². The van der Waals surface area contributed by atoms with Crippen molar-refractivity contribution in [3.8, 4) is 0 Å². The van der Waals surface area contributed by atoms with Crippen molar-refractivity contribution in [1.29, 1.82) is 0 Å². The highest BCUT2D eigenvalue weighted by atomic mass is 127. The lowest BCUT2D eigenvalue weighted by molar-refractivity contribution is -0.120. The van der Waals surface area contributed by atoms with E-state index in [9.17, 15) is 4.79 Å². The number of carbonyl (C=O) groups is 1. The number of nitrogens with one attached hydrogen (secondary N) is 2. The number of halogens is 1. The topological polar surface area (TPSA) is 56.7 Å². The van der Waals surface area contributed by atoms with Gasteiger partial charge in [-0.05, 0) is 19.3 Å². The molecule has 1 saturated carbocycles. The van der Waals surface area contributed by atoms with Crippen LogP contribution in [0, 0.1) is 0 Å². The third kappa shape index (κ3) is 8.48. The van der Waals surface area contributed by atoms with Crippen LogP contribution in [0.5, 0.6) is 0 Å². The summed E-state index contributed by atoms with van der Waals surface area (Å²) in [6.45, 7) is 3.43. The number of unbranched alkanes of at least 4 members (excludes halogenated alkanes) is 1. The van der Waals surface area contributed by atoms with Gasteiger partial charge in [-0.25, -0.2) is 0 Å². The quantitative estimate of drug-likeness (QED) is 0.402. The molecule has 0 bridgehead atoms.